The quantitative estimate of drug-likeness (QED) is 0.394. The summed E-state index contributed by atoms with van der Waals surface area (Å²) in [6, 6.07) is 0.346. The highest BCUT2D eigenvalue weighted by Crippen LogP contribution is 2.18. The Labute approximate surface area is 86.4 Å². The van der Waals surface area contributed by atoms with Gasteiger partial charge < -0.3 is 4.74 Å². The van der Waals surface area contributed by atoms with Gasteiger partial charge in [-0.2, -0.15) is 0 Å². The molecule has 14 heavy (non-hydrogen) atoms. The van der Waals surface area contributed by atoms with Gasteiger partial charge in [0.2, 0.25) is 0 Å². The lowest BCUT2D eigenvalue weighted by Crippen LogP contribution is -2.37. The van der Waals surface area contributed by atoms with Crippen LogP contribution in [0.15, 0.2) is 0 Å². The number of nitrogens with one attached hydrogen (secondary N) is 1. The summed E-state index contributed by atoms with van der Waals surface area (Å²) < 4.78 is 5.56. The smallest absolute Gasteiger partial charge is 0.0591 e. The molecule has 3 nitrogen and oxygen atoms in total. The Bertz CT molecular complexity index is 201. The number of hydrogen-bond donors (Lipinski definition) is 2. The van der Waals surface area contributed by atoms with Gasteiger partial charge in [0.25, 0.3) is 0 Å². The van der Waals surface area contributed by atoms with Crippen molar-refractivity contribution in [3.8, 4) is 11.8 Å². The molecule has 1 heterocycles. The van der Waals surface area contributed by atoms with Crippen LogP contribution in [0, 0.1) is 11.8 Å². The van der Waals surface area contributed by atoms with E-state index in [1.54, 1.807) is 0 Å². The molecular formula is C11H20N2O. The van der Waals surface area contributed by atoms with Crippen LogP contribution in [0.5, 0.6) is 0 Å². The van der Waals surface area contributed by atoms with Crippen molar-refractivity contribution in [2.24, 2.45) is 5.84 Å². The summed E-state index contributed by atoms with van der Waals surface area (Å²) in [6.07, 6.45) is 5.72. The average molecular weight is 196 g/mol. The van der Waals surface area contributed by atoms with Crippen molar-refractivity contribution in [2.75, 3.05) is 6.61 Å². The summed E-state index contributed by atoms with van der Waals surface area (Å²) in [5.74, 6) is 11.4. The molecule has 3 N–H and O–H groups in total. The van der Waals surface area contributed by atoms with Gasteiger partial charge in [-0.25, -0.2) is 0 Å². The lowest BCUT2D eigenvalue weighted by atomic mass is 10.0. The van der Waals surface area contributed by atoms with Crippen molar-refractivity contribution in [1.82, 2.24) is 5.43 Å². The van der Waals surface area contributed by atoms with Crippen molar-refractivity contribution in [2.45, 2.75) is 51.2 Å². The standard InChI is InChI=1S/C11H20N2O/c1-2-3-4-6-10(13-12)9-11-7-5-8-14-11/h10-11,13H,4-9,12H2,1H3. The lowest BCUT2D eigenvalue weighted by Gasteiger charge is -2.18. The first-order chi connectivity index (χ1) is 6.86. The summed E-state index contributed by atoms with van der Waals surface area (Å²) in [4.78, 5) is 0. The maximum Gasteiger partial charge on any atom is 0.0591 e. The summed E-state index contributed by atoms with van der Waals surface area (Å²) in [5, 5.41) is 0. The van der Waals surface area contributed by atoms with E-state index in [2.05, 4.69) is 17.3 Å². The molecule has 0 amide bonds. The predicted octanol–water partition coefficient (Wildman–Crippen LogP) is 1.19. The van der Waals surface area contributed by atoms with E-state index in [-0.39, 0.29) is 0 Å². The molecule has 2 atom stereocenters. The highest BCUT2D eigenvalue weighted by molar-refractivity contribution is 4.95. The van der Waals surface area contributed by atoms with Gasteiger partial charge in [-0.15, -0.1) is 11.8 Å². The predicted molar refractivity (Wildman–Crippen MR) is 57.4 cm³/mol. The van der Waals surface area contributed by atoms with Crippen LogP contribution in [0.1, 0.15) is 39.0 Å². The maximum atomic E-state index is 5.56. The first kappa shape index (κ1) is 11.5. The molecular weight excluding hydrogens is 176 g/mol. The van der Waals surface area contributed by atoms with Crippen LogP contribution in [0.3, 0.4) is 0 Å². The molecule has 0 aromatic heterocycles. The zero-order valence-corrected chi connectivity index (χ0v) is 8.88. The Morgan fingerprint density at radius 3 is 3.07 bits per heavy atom. The van der Waals surface area contributed by atoms with Gasteiger partial charge in [0.1, 0.15) is 0 Å². The van der Waals surface area contributed by atoms with Crippen molar-refractivity contribution in [3.05, 3.63) is 0 Å². The van der Waals surface area contributed by atoms with Crippen LogP contribution >= 0.6 is 0 Å². The molecule has 1 fully saturated rings. The molecule has 1 aliphatic rings. The van der Waals surface area contributed by atoms with Crippen molar-refractivity contribution in [3.63, 3.8) is 0 Å². The minimum Gasteiger partial charge on any atom is -0.378 e. The normalized spacial score (nSPS) is 22.9. The zero-order valence-electron chi connectivity index (χ0n) is 8.88. The van der Waals surface area contributed by atoms with Gasteiger partial charge >= 0.3 is 0 Å². The van der Waals surface area contributed by atoms with E-state index in [9.17, 15) is 0 Å². The number of hydrazine groups is 1. The molecule has 3 heteroatoms. The third-order valence-corrected chi connectivity index (χ3v) is 2.60. The number of ether oxygens (including phenoxy) is 1. The Morgan fingerprint density at radius 2 is 2.50 bits per heavy atom. The van der Waals surface area contributed by atoms with E-state index in [1.807, 2.05) is 6.92 Å². The SMILES string of the molecule is CC#CCCC(CC1CCCO1)NN. The summed E-state index contributed by atoms with van der Waals surface area (Å²) in [7, 11) is 0. The van der Waals surface area contributed by atoms with Gasteiger partial charge in [-0.3, -0.25) is 11.3 Å². The first-order valence-corrected chi connectivity index (χ1v) is 5.34. The molecule has 0 bridgehead atoms. The molecule has 1 rings (SSSR count). The van der Waals surface area contributed by atoms with Crippen LogP contribution < -0.4 is 11.3 Å². The van der Waals surface area contributed by atoms with Gasteiger partial charge in [0, 0.05) is 19.1 Å². The molecule has 0 radical (unpaired) electrons. The Balaban J connectivity index is 2.18. The second-order valence-electron chi connectivity index (χ2n) is 3.70. The molecule has 0 aromatic rings. The van der Waals surface area contributed by atoms with Crippen molar-refractivity contribution >= 4 is 0 Å². The van der Waals surface area contributed by atoms with Crippen LogP contribution in [0.4, 0.5) is 0 Å². The molecule has 80 valence electrons. The fourth-order valence-electron chi connectivity index (χ4n) is 1.79. The van der Waals surface area contributed by atoms with E-state index in [0.29, 0.717) is 12.1 Å². The maximum absolute atomic E-state index is 5.56. The molecule has 0 aromatic carbocycles. The van der Waals surface area contributed by atoms with Gasteiger partial charge in [0.15, 0.2) is 0 Å². The second kappa shape index (κ2) is 6.83. The highest BCUT2D eigenvalue weighted by Gasteiger charge is 2.19. The van der Waals surface area contributed by atoms with Crippen molar-refractivity contribution < 1.29 is 4.74 Å². The van der Waals surface area contributed by atoms with E-state index in [1.165, 1.54) is 12.8 Å². The number of nitrogens with two attached hydrogens (primary N) is 1. The molecule has 2 unspecified atom stereocenters. The van der Waals surface area contributed by atoms with Crippen molar-refractivity contribution in [1.29, 1.82) is 0 Å². The second-order valence-corrected chi connectivity index (χ2v) is 3.70. The monoisotopic (exact) mass is 196 g/mol. The molecule has 1 saturated heterocycles. The summed E-state index contributed by atoms with van der Waals surface area (Å²) >= 11 is 0. The van der Waals surface area contributed by atoms with E-state index in [4.69, 9.17) is 10.6 Å². The third-order valence-electron chi connectivity index (χ3n) is 2.60. The molecule has 0 aliphatic carbocycles. The van der Waals surface area contributed by atoms with Gasteiger partial charge in [-0.1, -0.05) is 0 Å². The van der Waals surface area contributed by atoms with Crippen LogP contribution in [0.2, 0.25) is 0 Å². The Kier molecular flexibility index (Phi) is 5.62. The van der Waals surface area contributed by atoms with Crippen LogP contribution in [-0.2, 0) is 4.74 Å². The Hall–Kier alpha value is -0.560. The molecule has 1 aliphatic heterocycles. The largest absolute Gasteiger partial charge is 0.378 e. The fraction of sp³-hybridized carbons (Fsp3) is 0.818. The first-order valence-electron chi connectivity index (χ1n) is 5.34. The third kappa shape index (κ3) is 4.10. The van der Waals surface area contributed by atoms with E-state index < -0.39 is 0 Å². The van der Waals surface area contributed by atoms with E-state index in [0.717, 1.165) is 25.9 Å². The van der Waals surface area contributed by atoms with Crippen LogP contribution in [-0.4, -0.2) is 18.8 Å². The fourth-order valence-corrected chi connectivity index (χ4v) is 1.79. The number of hydrogen-bond acceptors (Lipinski definition) is 3. The topological polar surface area (TPSA) is 47.3 Å². The molecule has 0 spiro atoms. The summed E-state index contributed by atoms with van der Waals surface area (Å²) in [6.45, 7) is 2.78. The van der Waals surface area contributed by atoms with Gasteiger partial charge in [0.05, 0.1) is 6.10 Å². The lowest BCUT2D eigenvalue weighted by molar-refractivity contribution is 0.0938. The minimum absolute atomic E-state index is 0.346. The van der Waals surface area contributed by atoms with Gasteiger partial charge in [-0.05, 0) is 32.6 Å². The molecule has 0 saturated carbocycles. The minimum atomic E-state index is 0.346. The Morgan fingerprint density at radius 1 is 1.64 bits per heavy atom. The van der Waals surface area contributed by atoms with Crippen LogP contribution in [0.25, 0.3) is 0 Å². The zero-order chi connectivity index (χ0) is 10.2. The number of rotatable bonds is 5. The average Bonchev–Trinajstić information content (AvgIpc) is 2.69. The highest BCUT2D eigenvalue weighted by atomic mass is 16.5. The van der Waals surface area contributed by atoms with E-state index >= 15 is 0 Å². The summed E-state index contributed by atoms with van der Waals surface area (Å²) in [5.41, 5.74) is 2.84.